The van der Waals surface area contributed by atoms with E-state index in [9.17, 15) is 18.0 Å². The molecule has 0 saturated carbocycles. The van der Waals surface area contributed by atoms with Gasteiger partial charge in [0.1, 0.15) is 13.6 Å². The van der Waals surface area contributed by atoms with Gasteiger partial charge in [0.25, 0.3) is 0 Å². The molecule has 0 aliphatic carbocycles. The molecule has 118 valence electrons. The monoisotopic (exact) mass is 324 g/mol. The van der Waals surface area contributed by atoms with Crippen LogP contribution in [0.4, 0.5) is 13.2 Å². The fourth-order valence-electron chi connectivity index (χ4n) is 2.09. The lowest BCUT2D eigenvalue weighted by atomic mass is 9.94. The second-order valence-corrected chi connectivity index (χ2v) is 4.72. The van der Waals surface area contributed by atoms with Crippen molar-refractivity contribution in [1.82, 2.24) is 19.7 Å². The lowest BCUT2D eigenvalue weighted by molar-refractivity contribution is -0.274. The number of benzene rings is 1. The topological polar surface area (TPSA) is 93.0 Å². The van der Waals surface area contributed by atoms with Crippen LogP contribution in [0.5, 0.6) is 5.75 Å². The number of hydrogen-bond acceptors (Lipinski definition) is 4. The molecule has 0 unspecified atom stereocenters. The summed E-state index contributed by atoms with van der Waals surface area (Å²) in [5.74, 6) is -1.35. The Morgan fingerprint density at radius 1 is 1.39 bits per heavy atom. The molecule has 0 radical (unpaired) electrons. The van der Waals surface area contributed by atoms with Gasteiger partial charge in [-0.25, -0.2) is 14.5 Å². The molecule has 0 aliphatic heterocycles. The minimum atomic E-state index is -4.79. The first kappa shape index (κ1) is 14.9. The van der Waals surface area contributed by atoms with Gasteiger partial charge in [-0.3, -0.25) is 0 Å². The van der Waals surface area contributed by atoms with E-state index in [4.69, 9.17) is 5.11 Å². The largest absolute Gasteiger partial charge is 0.573 e. The van der Waals surface area contributed by atoms with Gasteiger partial charge in [0, 0.05) is 12.3 Å². The van der Waals surface area contributed by atoms with E-state index in [-0.39, 0.29) is 22.8 Å². The Hall–Kier alpha value is -2.98. The fraction of sp³-hybridized carbons (Fsp3) is 0.0833. The summed E-state index contributed by atoms with van der Waals surface area (Å²) >= 11 is 0. The van der Waals surface area contributed by atoms with E-state index < -0.39 is 12.3 Å². The van der Waals surface area contributed by atoms with E-state index in [0.717, 1.165) is 12.3 Å². The number of aromatic carboxylic acids is 1. The molecule has 0 saturated heterocycles. The van der Waals surface area contributed by atoms with E-state index in [1.165, 1.54) is 16.9 Å². The second-order valence-electron chi connectivity index (χ2n) is 4.72. The normalized spacial score (nSPS) is 11.8. The number of rotatable bonds is 3. The highest BCUT2D eigenvalue weighted by molar-refractivity contribution is 6.38. The molecule has 23 heavy (non-hydrogen) atoms. The van der Waals surface area contributed by atoms with Crippen LogP contribution in [-0.4, -0.2) is 45.0 Å². The minimum absolute atomic E-state index is 0.0386. The number of imidazole rings is 1. The van der Waals surface area contributed by atoms with Crippen LogP contribution in [0.3, 0.4) is 0 Å². The number of hydrogen-bond donors (Lipinski definition) is 2. The van der Waals surface area contributed by atoms with Crippen molar-refractivity contribution in [3.8, 4) is 11.7 Å². The first-order valence-electron chi connectivity index (χ1n) is 6.27. The Morgan fingerprint density at radius 2 is 2.13 bits per heavy atom. The van der Waals surface area contributed by atoms with Gasteiger partial charge in [-0.2, -0.15) is 5.10 Å². The highest BCUT2D eigenvalue weighted by atomic mass is 19.4. The number of halogens is 3. The van der Waals surface area contributed by atoms with E-state index in [1.807, 2.05) is 0 Å². The molecular weight excluding hydrogens is 316 g/mol. The summed E-state index contributed by atoms with van der Waals surface area (Å²) in [7, 11) is 1.60. The molecule has 1 aromatic carbocycles. The molecule has 7 nitrogen and oxygen atoms in total. The van der Waals surface area contributed by atoms with E-state index in [1.54, 1.807) is 7.85 Å². The van der Waals surface area contributed by atoms with Crippen molar-refractivity contribution in [2.75, 3.05) is 0 Å². The Labute approximate surface area is 127 Å². The molecule has 2 heterocycles. The molecule has 2 aromatic heterocycles. The van der Waals surface area contributed by atoms with Crippen LogP contribution in [0.1, 0.15) is 10.4 Å². The summed E-state index contributed by atoms with van der Waals surface area (Å²) in [6.45, 7) is 0. The number of H-pyrrole nitrogens is 1. The second kappa shape index (κ2) is 5.04. The van der Waals surface area contributed by atoms with Crippen molar-refractivity contribution in [3.05, 3.63) is 30.1 Å². The standard InChI is InChI=1S/C12H8BF3N4O3/c13-7-1-6(23-12(14,15)16)2-8-9(7)19-11(18-8)20-4-5(3-17-20)10(21)22/h1-4H,13H2,(H,18,19)(H,21,22). The molecule has 3 aromatic rings. The summed E-state index contributed by atoms with van der Waals surface area (Å²) in [4.78, 5) is 17.8. The van der Waals surface area contributed by atoms with Crippen LogP contribution in [0.25, 0.3) is 17.0 Å². The first-order chi connectivity index (χ1) is 10.7. The summed E-state index contributed by atoms with van der Waals surface area (Å²) in [5.41, 5.74) is 1.20. The molecule has 0 spiro atoms. The Bertz CT molecular complexity index is 903. The number of ether oxygens (including phenoxy) is 1. The van der Waals surface area contributed by atoms with Crippen LogP contribution in [-0.2, 0) is 0 Å². The van der Waals surface area contributed by atoms with Crippen LogP contribution in [0.15, 0.2) is 24.5 Å². The number of alkyl halides is 3. The minimum Gasteiger partial charge on any atom is -0.478 e. The van der Waals surface area contributed by atoms with Crippen LogP contribution in [0.2, 0.25) is 0 Å². The predicted molar refractivity (Wildman–Crippen MR) is 75.0 cm³/mol. The first-order valence-corrected chi connectivity index (χ1v) is 6.27. The molecule has 0 aliphatic rings. The van der Waals surface area contributed by atoms with Crippen molar-refractivity contribution in [2.24, 2.45) is 0 Å². The maximum absolute atomic E-state index is 12.3. The molecule has 0 bridgehead atoms. The number of aromatic amines is 1. The molecule has 0 atom stereocenters. The summed E-state index contributed by atoms with van der Waals surface area (Å²) in [6, 6.07) is 2.36. The lowest BCUT2D eigenvalue weighted by Crippen LogP contribution is -2.18. The number of fused-ring (bicyclic) bond motifs is 1. The van der Waals surface area contributed by atoms with Crippen molar-refractivity contribution < 1.29 is 27.8 Å². The van der Waals surface area contributed by atoms with Crippen molar-refractivity contribution in [3.63, 3.8) is 0 Å². The van der Waals surface area contributed by atoms with Gasteiger partial charge in [0.2, 0.25) is 5.95 Å². The van der Waals surface area contributed by atoms with E-state index >= 15 is 0 Å². The lowest BCUT2D eigenvalue weighted by Gasteiger charge is -2.09. The molecular formula is C12H8BF3N4O3. The highest BCUT2D eigenvalue weighted by Gasteiger charge is 2.31. The average molecular weight is 324 g/mol. The van der Waals surface area contributed by atoms with Crippen LogP contribution >= 0.6 is 0 Å². The molecule has 0 fully saturated rings. The Morgan fingerprint density at radius 3 is 2.74 bits per heavy atom. The summed E-state index contributed by atoms with van der Waals surface area (Å²) in [6.07, 6.45) is -2.42. The van der Waals surface area contributed by atoms with Crippen molar-refractivity contribution >= 4 is 30.3 Å². The summed E-state index contributed by atoms with van der Waals surface area (Å²) in [5, 5.41) is 12.7. The molecule has 2 N–H and O–H groups in total. The number of nitrogens with zero attached hydrogens (tertiary/aromatic N) is 3. The van der Waals surface area contributed by atoms with Crippen LogP contribution in [0, 0.1) is 0 Å². The zero-order valence-corrected chi connectivity index (χ0v) is 11.5. The molecule has 0 amide bonds. The van der Waals surface area contributed by atoms with Crippen molar-refractivity contribution in [2.45, 2.75) is 6.36 Å². The SMILES string of the molecule is Bc1cc(OC(F)(F)F)cc2nc(-n3cc(C(=O)O)cn3)[nH]c12. The third-order valence-electron chi connectivity index (χ3n) is 3.03. The highest BCUT2D eigenvalue weighted by Crippen LogP contribution is 2.25. The van der Waals surface area contributed by atoms with E-state index in [0.29, 0.717) is 11.0 Å². The number of aromatic nitrogens is 4. The number of carbonyl (C=O) groups is 1. The predicted octanol–water partition coefficient (Wildman–Crippen LogP) is 0.604. The van der Waals surface area contributed by atoms with E-state index in [2.05, 4.69) is 19.8 Å². The van der Waals surface area contributed by atoms with Gasteiger partial charge >= 0.3 is 12.3 Å². The number of carboxylic acids is 1. The smallest absolute Gasteiger partial charge is 0.478 e. The zero-order chi connectivity index (χ0) is 16.8. The zero-order valence-electron chi connectivity index (χ0n) is 11.5. The maximum Gasteiger partial charge on any atom is 0.573 e. The van der Waals surface area contributed by atoms with Gasteiger partial charge < -0.3 is 14.8 Å². The molecule has 11 heteroatoms. The summed E-state index contributed by atoms with van der Waals surface area (Å²) < 4.78 is 42.0. The Balaban J connectivity index is 2.04. The van der Waals surface area contributed by atoms with Gasteiger partial charge in [-0.15, -0.1) is 13.2 Å². The average Bonchev–Trinajstić information content (AvgIpc) is 3.01. The fourth-order valence-corrected chi connectivity index (χ4v) is 2.09. The molecule has 3 rings (SSSR count). The van der Waals surface area contributed by atoms with Gasteiger partial charge in [0.15, 0.2) is 0 Å². The number of carboxylic acid groups (broad SMARTS) is 1. The third kappa shape index (κ3) is 2.98. The number of nitrogens with one attached hydrogen (secondary N) is 1. The van der Waals surface area contributed by atoms with Gasteiger partial charge in [-0.1, -0.05) is 5.46 Å². The van der Waals surface area contributed by atoms with Crippen molar-refractivity contribution in [1.29, 1.82) is 0 Å². The maximum atomic E-state index is 12.3. The quantitative estimate of drug-likeness (QED) is 0.689. The third-order valence-corrected chi connectivity index (χ3v) is 3.03. The van der Waals surface area contributed by atoms with Gasteiger partial charge in [-0.05, 0) is 6.07 Å². The van der Waals surface area contributed by atoms with Crippen LogP contribution < -0.4 is 10.2 Å². The van der Waals surface area contributed by atoms with Gasteiger partial charge in [0.05, 0.1) is 22.8 Å². The Kier molecular flexibility index (Phi) is 3.27.